The lowest BCUT2D eigenvalue weighted by molar-refractivity contribution is 0.460. The minimum absolute atomic E-state index is 0. The predicted molar refractivity (Wildman–Crippen MR) is 72.0 cm³/mol. The van der Waals surface area contributed by atoms with E-state index in [1.807, 2.05) is 13.1 Å². The number of pyridine rings is 1. The van der Waals surface area contributed by atoms with E-state index in [2.05, 4.69) is 33.0 Å². The highest BCUT2D eigenvalue weighted by molar-refractivity contribution is 5.85. The van der Waals surface area contributed by atoms with E-state index in [1.54, 1.807) is 0 Å². The molecule has 1 aliphatic heterocycles. The van der Waals surface area contributed by atoms with Gasteiger partial charge in [-0.2, -0.15) is 0 Å². The fourth-order valence-electron chi connectivity index (χ4n) is 2.56. The maximum Gasteiger partial charge on any atom is 0.110 e. The van der Waals surface area contributed by atoms with Gasteiger partial charge in [0.15, 0.2) is 0 Å². The van der Waals surface area contributed by atoms with Crippen LogP contribution in [0.4, 0.5) is 0 Å². The van der Waals surface area contributed by atoms with Crippen LogP contribution in [0.3, 0.4) is 0 Å². The molecule has 4 heteroatoms. The van der Waals surface area contributed by atoms with Gasteiger partial charge in [-0.1, -0.05) is 0 Å². The third-order valence-electron chi connectivity index (χ3n) is 3.55. The van der Waals surface area contributed by atoms with Crippen LogP contribution in [0.5, 0.6) is 0 Å². The van der Waals surface area contributed by atoms with Crippen LogP contribution >= 0.6 is 12.4 Å². The Morgan fingerprint density at radius 3 is 2.88 bits per heavy atom. The van der Waals surface area contributed by atoms with E-state index in [-0.39, 0.29) is 12.4 Å². The van der Waals surface area contributed by atoms with Gasteiger partial charge in [0.2, 0.25) is 0 Å². The Balaban J connectivity index is 0.00000108. The molecular formula is C13H18ClN3. The number of halogens is 1. The van der Waals surface area contributed by atoms with Gasteiger partial charge in [-0.05, 0) is 56.5 Å². The van der Waals surface area contributed by atoms with Crippen molar-refractivity contribution in [3.05, 3.63) is 35.9 Å². The molecule has 0 aromatic carbocycles. The minimum Gasteiger partial charge on any atom is -0.317 e. The van der Waals surface area contributed by atoms with Crippen LogP contribution in [0.2, 0.25) is 0 Å². The molecule has 0 bridgehead atoms. The minimum atomic E-state index is 0. The Morgan fingerprint density at radius 1 is 1.35 bits per heavy atom. The number of nitrogens with one attached hydrogen (secondary N) is 1. The van der Waals surface area contributed by atoms with Gasteiger partial charge in [-0.3, -0.25) is 0 Å². The third kappa shape index (κ3) is 2.31. The summed E-state index contributed by atoms with van der Waals surface area (Å²) in [7, 11) is 0. The van der Waals surface area contributed by atoms with Gasteiger partial charge in [0.1, 0.15) is 5.82 Å². The summed E-state index contributed by atoms with van der Waals surface area (Å²) in [5.74, 6) is 1.79. The molecule has 17 heavy (non-hydrogen) atoms. The lowest BCUT2D eigenvalue weighted by atomic mass is 9.91. The molecule has 0 spiro atoms. The maximum absolute atomic E-state index is 4.33. The van der Waals surface area contributed by atoms with Gasteiger partial charge >= 0.3 is 0 Å². The van der Waals surface area contributed by atoms with Crippen LogP contribution in [-0.2, 0) is 0 Å². The molecule has 0 amide bonds. The molecule has 0 saturated carbocycles. The highest BCUT2D eigenvalue weighted by Crippen LogP contribution is 2.26. The summed E-state index contributed by atoms with van der Waals surface area (Å²) in [6, 6.07) is 4.54. The lowest BCUT2D eigenvalue weighted by Crippen LogP contribution is -2.26. The lowest BCUT2D eigenvalue weighted by Gasteiger charge is -2.23. The molecule has 3 rings (SSSR count). The van der Waals surface area contributed by atoms with Crippen LogP contribution in [0, 0.1) is 6.92 Å². The molecule has 1 fully saturated rings. The quantitative estimate of drug-likeness (QED) is 0.844. The zero-order valence-corrected chi connectivity index (χ0v) is 10.8. The topological polar surface area (TPSA) is 29.3 Å². The first kappa shape index (κ1) is 12.4. The number of piperidine rings is 1. The summed E-state index contributed by atoms with van der Waals surface area (Å²) in [4.78, 5) is 4.33. The fraction of sp³-hybridized carbons (Fsp3) is 0.462. The Kier molecular flexibility index (Phi) is 3.69. The summed E-state index contributed by atoms with van der Waals surface area (Å²) in [6.45, 7) is 4.33. The van der Waals surface area contributed by atoms with Crippen LogP contribution in [0.1, 0.15) is 30.1 Å². The fourth-order valence-corrected chi connectivity index (χ4v) is 2.56. The van der Waals surface area contributed by atoms with Crippen molar-refractivity contribution in [3.63, 3.8) is 0 Å². The molecule has 0 aliphatic carbocycles. The number of rotatable bonds is 1. The number of hydrogen-bond donors (Lipinski definition) is 1. The Labute approximate surface area is 108 Å². The first-order chi connectivity index (χ1) is 7.84. The summed E-state index contributed by atoms with van der Waals surface area (Å²) >= 11 is 0. The standard InChI is InChI=1S/C13H17N3.ClH/c1-10-15-9-13-8-12(4-7-16(10)13)11-2-5-14-6-3-11;/h4,7-9,11,14H,2-3,5-6H2,1H3;1H. The summed E-state index contributed by atoms with van der Waals surface area (Å²) in [5, 5.41) is 3.41. The SMILES string of the molecule is Cc1ncc2cc(C3CCNCC3)ccn12.Cl. The molecule has 0 unspecified atom stereocenters. The normalized spacial score (nSPS) is 17.0. The van der Waals surface area contributed by atoms with Crippen molar-refractivity contribution in [2.75, 3.05) is 13.1 Å². The second-order valence-corrected chi connectivity index (χ2v) is 4.58. The Bertz CT molecular complexity index is 500. The largest absolute Gasteiger partial charge is 0.317 e. The molecule has 1 N–H and O–H groups in total. The molecule has 3 heterocycles. The molecule has 2 aromatic heterocycles. The zero-order valence-electron chi connectivity index (χ0n) is 10.0. The predicted octanol–water partition coefficient (Wildman–Crippen LogP) is 2.53. The Morgan fingerprint density at radius 2 is 2.12 bits per heavy atom. The van der Waals surface area contributed by atoms with E-state index in [4.69, 9.17) is 0 Å². The number of fused-ring (bicyclic) bond motifs is 1. The molecule has 1 saturated heterocycles. The Hall–Kier alpha value is -1.06. The zero-order chi connectivity index (χ0) is 11.0. The van der Waals surface area contributed by atoms with Gasteiger partial charge in [-0.15, -0.1) is 12.4 Å². The van der Waals surface area contributed by atoms with Crippen molar-refractivity contribution in [2.45, 2.75) is 25.7 Å². The molecule has 0 radical (unpaired) electrons. The van der Waals surface area contributed by atoms with Crippen LogP contribution in [0.15, 0.2) is 24.5 Å². The van der Waals surface area contributed by atoms with Gasteiger partial charge in [-0.25, -0.2) is 4.98 Å². The highest BCUT2D eigenvalue weighted by Gasteiger charge is 2.15. The average molecular weight is 252 g/mol. The highest BCUT2D eigenvalue weighted by atomic mass is 35.5. The van der Waals surface area contributed by atoms with E-state index in [0.29, 0.717) is 0 Å². The maximum atomic E-state index is 4.33. The van der Waals surface area contributed by atoms with Crippen molar-refractivity contribution < 1.29 is 0 Å². The van der Waals surface area contributed by atoms with Crippen molar-refractivity contribution in [1.29, 1.82) is 0 Å². The number of nitrogens with zero attached hydrogens (tertiary/aromatic N) is 2. The number of imidazole rings is 1. The molecule has 2 aromatic rings. The van der Waals surface area contributed by atoms with E-state index in [9.17, 15) is 0 Å². The summed E-state index contributed by atoms with van der Waals surface area (Å²) in [6.07, 6.45) is 6.61. The molecule has 3 nitrogen and oxygen atoms in total. The summed E-state index contributed by atoms with van der Waals surface area (Å²) in [5.41, 5.74) is 2.68. The van der Waals surface area contributed by atoms with Gasteiger partial charge < -0.3 is 9.72 Å². The van der Waals surface area contributed by atoms with Crippen molar-refractivity contribution in [1.82, 2.24) is 14.7 Å². The van der Waals surface area contributed by atoms with E-state index >= 15 is 0 Å². The second-order valence-electron chi connectivity index (χ2n) is 4.58. The number of aromatic nitrogens is 2. The average Bonchev–Trinajstić information content (AvgIpc) is 2.72. The van der Waals surface area contributed by atoms with E-state index in [1.165, 1.54) is 23.9 Å². The van der Waals surface area contributed by atoms with Crippen LogP contribution < -0.4 is 5.32 Å². The van der Waals surface area contributed by atoms with Gasteiger partial charge in [0.05, 0.1) is 11.7 Å². The second kappa shape index (κ2) is 5.07. The number of aryl methyl sites for hydroxylation is 1. The van der Waals surface area contributed by atoms with Crippen LogP contribution in [-0.4, -0.2) is 22.5 Å². The third-order valence-corrected chi connectivity index (χ3v) is 3.55. The van der Waals surface area contributed by atoms with Crippen LogP contribution in [0.25, 0.3) is 5.52 Å². The molecule has 92 valence electrons. The monoisotopic (exact) mass is 251 g/mol. The smallest absolute Gasteiger partial charge is 0.110 e. The summed E-state index contributed by atoms with van der Waals surface area (Å²) < 4.78 is 2.14. The van der Waals surface area contributed by atoms with E-state index < -0.39 is 0 Å². The van der Waals surface area contributed by atoms with Gasteiger partial charge in [0.25, 0.3) is 0 Å². The van der Waals surface area contributed by atoms with Crippen molar-refractivity contribution in [2.24, 2.45) is 0 Å². The first-order valence-corrected chi connectivity index (χ1v) is 5.99. The van der Waals surface area contributed by atoms with Crippen molar-refractivity contribution >= 4 is 17.9 Å². The number of hydrogen-bond acceptors (Lipinski definition) is 2. The van der Waals surface area contributed by atoms with E-state index in [0.717, 1.165) is 24.8 Å². The first-order valence-electron chi connectivity index (χ1n) is 5.99. The molecule has 0 atom stereocenters. The molecular weight excluding hydrogens is 234 g/mol. The molecule has 1 aliphatic rings. The van der Waals surface area contributed by atoms with Gasteiger partial charge in [0, 0.05) is 6.20 Å². The van der Waals surface area contributed by atoms with Crippen molar-refractivity contribution in [3.8, 4) is 0 Å².